The van der Waals surface area contributed by atoms with Crippen LogP contribution < -0.4 is 14.2 Å². The van der Waals surface area contributed by atoms with Gasteiger partial charge in [0, 0.05) is 0 Å². The molecule has 9 nitrogen and oxygen atoms in total. The zero-order valence-electron chi connectivity index (χ0n) is 41.8. The molecule has 0 N–H and O–H groups in total. The highest BCUT2D eigenvalue weighted by molar-refractivity contribution is 7.97. The molecule has 0 heterocycles. The molecular formula is C60H75O9S+. The fourth-order valence-corrected chi connectivity index (χ4v) is 20.0. The van der Waals surface area contributed by atoms with Gasteiger partial charge in [0.1, 0.15) is 34.1 Å². The molecule has 12 fully saturated rings. The Hall–Kier alpha value is -4.18. The third kappa shape index (κ3) is 8.43. The average molecular weight is 972 g/mol. The summed E-state index contributed by atoms with van der Waals surface area (Å²) in [5.41, 5.74) is -1.05. The van der Waals surface area contributed by atoms with Crippen LogP contribution in [0.5, 0.6) is 17.2 Å². The minimum Gasteiger partial charge on any atom is -0.482 e. The molecule has 0 aliphatic heterocycles. The molecule has 3 aromatic carbocycles. The fraction of sp³-hybridized carbons (Fsp3) is 0.650. The van der Waals surface area contributed by atoms with Gasteiger partial charge in [-0.3, -0.25) is 0 Å². The van der Waals surface area contributed by atoms with Crippen molar-refractivity contribution in [3.63, 3.8) is 0 Å². The number of hydrogen-bond acceptors (Lipinski definition) is 9. The monoisotopic (exact) mass is 972 g/mol. The van der Waals surface area contributed by atoms with Gasteiger partial charge in [0.2, 0.25) is 0 Å². The zero-order valence-corrected chi connectivity index (χ0v) is 42.6. The van der Waals surface area contributed by atoms with Crippen LogP contribution in [-0.2, 0) is 39.5 Å². The van der Waals surface area contributed by atoms with Gasteiger partial charge >= 0.3 is 17.9 Å². The highest BCUT2D eigenvalue weighted by Crippen LogP contribution is 2.63. The van der Waals surface area contributed by atoms with E-state index >= 15 is 0 Å². The van der Waals surface area contributed by atoms with Crippen LogP contribution in [0, 0.1) is 71.0 Å². The predicted molar refractivity (Wildman–Crippen MR) is 266 cm³/mol. The van der Waals surface area contributed by atoms with Gasteiger partial charge in [0.05, 0.1) is 10.9 Å². The Morgan fingerprint density at radius 3 is 0.786 bits per heavy atom. The SMILES string of the molecule is CCC1(OC(=O)COc2ccc([S+](c3ccc(OCC(=O)OC4(CC)C5CC6CC(C5)CC4C6)cc3)c3ccc(OCC(=O)OC4(CC)C5CC6CC(C5)CC4C6)cc3)cc2)C2CC3CC(C2)CC1C3. The molecular weight excluding hydrogens is 897 g/mol. The van der Waals surface area contributed by atoms with Gasteiger partial charge in [-0.15, -0.1) is 0 Å². The summed E-state index contributed by atoms with van der Waals surface area (Å²) in [6, 6.07) is 24.0. The normalized spacial score (nSPS) is 38.3. The van der Waals surface area contributed by atoms with E-state index < -0.39 is 10.9 Å². The van der Waals surface area contributed by atoms with Crippen LogP contribution in [0.3, 0.4) is 0 Å². The number of benzene rings is 3. The molecule has 0 atom stereocenters. The largest absolute Gasteiger partial charge is 0.482 e. The summed E-state index contributed by atoms with van der Waals surface area (Å²) in [4.78, 5) is 43.6. The summed E-state index contributed by atoms with van der Waals surface area (Å²) in [6.07, 6.45) is 21.0. The molecule has 12 saturated carbocycles. The molecule has 0 unspecified atom stereocenters. The van der Waals surface area contributed by atoms with E-state index in [1.165, 1.54) is 96.3 Å². The van der Waals surface area contributed by atoms with Gasteiger partial charge < -0.3 is 28.4 Å². The van der Waals surface area contributed by atoms with Gasteiger partial charge in [-0.25, -0.2) is 14.4 Å². The van der Waals surface area contributed by atoms with E-state index in [0.717, 1.165) is 69.5 Å². The molecule has 0 aromatic heterocycles. The van der Waals surface area contributed by atoms with Crippen molar-refractivity contribution in [2.75, 3.05) is 19.8 Å². The standard InChI is InChI=1S/C60H75O9S/c1-4-58(43-22-37-19-38(24-43)25-44(58)23-37)67-55(61)34-64-49-7-13-52(14-8-49)70(53-15-9-50(10-16-53)65-35-56(62)68-59(5-2)45-26-39-20-40(28-45)29-46(59)27-39)54-17-11-51(12-18-54)66-36-57(63)69-60(6-3)47-30-41-21-42(32-47)33-48(60)31-41/h7-18,37-48H,4-6,19-36H2,1-3H3/q+1. The van der Waals surface area contributed by atoms with Crippen LogP contribution in [0.4, 0.5) is 0 Å². The average Bonchev–Trinajstić information content (AvgIpc) is 3.36. The summed E-state index contributed by atoms with van der Waals surface area (Å²) in [6.45, 7) is 6.21. The number of esters is 3. The van der Waals surface area contributed by atoms with Crippen LogP contribution in [0.2, 0.25) is 0 Å². The molecule has 0 amide bonds. The van der Waals surface area contributed by atoms with Crippen LogP contribution in [0.15, 0.2) is 87.5 Å². The number of ether oxygens (including phenoxy) is 6. The zero-order chi connectivity index (χ0) is 47.8. The van der Waals surface area contributed by atoms with E-state index in [1.807, 2.05) is 36.4 Å². The van der Waals surface area contributed by atoms with E-state index in [4.69, 9.17) is 28.4 Å². The van der Waals surface area contributed by atoms with Crippen molar-refractivity contribution in [1.82, 2.24) is 0 Å². The second kappa shape index (κ2) is 18.7. The summed E-state index contributed by atoms with van der Waals surface area (Å²) < 4.78 is 37.7. The van der Waals surface area contributed by atoms with Crippen molar-refractivity contribution >= 4 is 28.8 Å². The topological polar surface area (TPSA) is 107 Å². The van der Waals surface area contributed by atoms with Gasteiger partial charge in [0.25, 0.3) is 0 Å². The molecule has 12 bridgehead atoms. The lowest BCUT2D eigenvalue weighted by molar-refractivity contribution is -0.212. The van der Waals surface area contributed by atoms with Gasteiger partial charge in [-0.05, 0) is 259 Å². The summed E-state index contributed by atoms with van der Waals surface area (Å²) in [5.74, 6) is 8.66. The van der Waals surface area contributed by atoms with Crippen LogP contribution in [0.25, 0.3) is 0 Å². The van der Waals surface area contributed by atoms with Crippen molar-refractivity contribution < 1.29 is 42.8 Å². The van der Waals surface area contributed by atoms with Crippen molar-refractivity contribution in [3.8, 4) is 17.2 Å². The Morgan fingerprint density at radius 2 is 0.586 bits per heavy atom. The number of rotatable bonds is 18. The molecule has 12 aliphatic carbocycles. The minimum atomic E-state index is -0.561. The summed E-state index contributed by atoms with van der Waals surface area (Å²) in [5, 5.41) is 0. The molecule has 12 aliphatic rings. The first-order valence-corrected chi connectivity index (χ1v) is 28.8. The fourth-order valence-electron chi connectivity index (χ4n) is 18.0. The minimum absolute atomic E-state index is 0.119. The molecule has 0 spiro atoms. The second-order valence-corrected chi connectivity index (χ2v) is 25.9. The molecule has 10 heteroatoms. The molecule has 0 saturated heterocycles. The van der Waals surface area contributed by atoms with Crippen molar-refractivity contribution in [2.24, 2.45) is 71.0 Å². The Morgan fingerprint density at radius 1 is 0.371 bits per heavy atom. The van der Waals surface area contributed by atoms with Crippen LogP contribution in [0.1, 0.15) is 136 Å². The number of hydrogen-bond donors (Lipinski definition) is 0. The Bertz CT molecular complexity index is 2040. The lowest BCUT2D eigenvalue weighted by atomic mass is 9.49. The third-order valence-electron chi connectivity index (χ3n) is 20.4. The first-order chi connectivity index (χ1) is 34.0. The first kappa shape index (κ1) is 46.9. The van der Waals surface area contributed by atoms with Gasteiger partial charge in [-0.1, -0.05) is 20.8 Å². The molecule has 374 valence electrons. The van der Waals surface area contributed by atoms with Crippen LogP contribution >= 0.6 is 0 Å². The lowest BCUT2D eigenvalue weighted by Gasteiger charge is -2.60. The number of carbonyl (C=O) groups is 3. The van der Waals surface area contributed by atoms with Crippen molar-refractivity contribution in [1.29, 1.82) is 0 Å². The van der Waals surface area contributed by atoms with E-state index in [1.54, 1.807) is 0 Å². The predicted octanol–water partition coefficient (Wildman–Crippen LogP) is 12.4. The smallest absolute Gasteiger partial charge is 0.344 e. The highest BCUT2D eigenvalue weighted by Gasteiger charge is 2.61. The summed E-state index contributed by atoms with van der Waals surface area (Å²) in [7, 11) is -0.561. The number of carbonyl (C=O) groups excluding carboxylic acids is 3. The highest BCUT2D eigenvalue weighted by atomic mass is 32.2. The maximum Gasteiger partial charge on any atom is 0.344 e. The van der Waals surface area contributed by atoms with Gasteiger partial charge in [-0.2, -0.15) is 0 Å². The lowest BCUT2D eigenvalue weighted by Crippen LogP contribution is -2.59. The van der Waals surface area contributed by atoms with E-state index in [0.29, 0.717) is 52.8 Å². The maximum absolute atomic E-state index is 13.5. The van der Waals surface area contributed by atoms with E-state index in [2.05, 4.69) is 57.2 Å². The third-order valence-corrected chi connectivity index (χ3v) is 22.6. The van der Waals surface area contributed by atoms with Crippen molar-refractivity contribution in [3.05, 3.63) is 72.8 Å². The second-order valence-electron chi connectivity index (χ2n) is 23.8. The molecule has 15 rings (SSSR count). The molecule has 70 heavy (non-hydrogen) atoms. The first-order valence-electron chi connectivity index (χ1n) is 27.6. The van der Waals surface area contributed by atoms with Crippen LogP contribution in [-0.4, -0.2) is 54.5 Å². The van der Waals surface area contributed by atoms with E-state index in [9.17, 15) is 14.4 Å². The van der Waals surface area contributed by atoms with E-state index in [-0.39, 0.29) is 54.5 Å². The Balaban J connectivity index is 0.718. The Labute approximate surface area is 418 Å². The van der Waals surface area contributed by atoms with Crippen molar-refractivity contribution in [2.45, 2.75) is 168 Å². The summed E-state index contributed by atoms with van der Waals surface area (Å²) >= 11 is 0. The Kier molecular flexibility index (Phi) is 12.5. The maximum atomic E-state index is 13.5. The van der Waals surface area contributed by atoms with Gasteiger partial charge in [0.15, 0.2) is 34.5 Å². The quantitative estimate of drug-likeness (QED) is 0.0700. The molecule has 3 aromatic rings. The molecule has 0 radical (unpaired) electrons.